The lowest BCUT2D eigenvalue weighted by Gasteiger charge is -2.03. The first-order valence-corrected chi connectivity index (χ1v) is 8.53. The Kier molecular flexibility index (Phi) is 3.73. The Bertz CT molecular complexity index is 910. The lowest BCUT2D eigenvalue weighted by Crippen LogP contribution is -2.30. The Balaban J connectivity index is 1.61. The highest BCUT2D eigenvalue weighted by atomic mass is 32.1. The minimum Gasteiger partial charge on any atom is -0.323 e. The second-order valence-corrected chi connectivity index (χ2v) is 6.58. The van der Waals surface area contributed by atoms with Gasteiger partial charge in [0.2, 0.25) is 5.91 Å². The number of hydrogen-bond acceptors (Lipinski definition) is 5. The first-order chi connectivity index (χ1) is 11.7. The minimum atomic E-state index is -0.303. The fourth-order valence-corrected chi connectivity index (χ4v) is 3.24. The number of carbonyl (C=O) groups is 1. The van der Waals surface area contributed by atoms with E-state index in [0.717, 1.165) is 17.7 Å². The average Bonchev–Trinajstić information content (AvgIpc) is 3.16. The van der Waals surface area contributed by atoms with Crippen molar-refractivity contribution >= 4 is 22.9 Å². The summed E-state index contributed by atoms with van der Waals surface area (Å²) >= 11 is 1.53. The van der Waals surface area contributed by atoms with Crippen LogP contribution in [0.4, 0.5) is 5.69 Å². The van der Waals surface area contributed by atoms with E-state index in [4.69, 9.17) is 0 Å². The molecule has 0 aromatic carbocycles. The second-order valence-electron chi connectivity index (χ2n) is 5.63. The van der Waals surface area contributed by atoms with Gasteiger partial charge in [-0.15, -0.1) is 16.4 Å². The van der Waals surface area contributed by atoms with Gasteiger partial charge in [-0.2, -0.15) is 0 Å². The summed E-state index contributed by atoms with van der Waals surface area (Å²) < 4.78 is 2.95. The minimum absolute atomic E-state index is 0.119. The highest BCUT2D eigenvalue weighted by Gasteiger charge is 2.31. The zero-order chi connectivity index (χ0) is 16.5. The van der Waals surface area contributed by atoms with E-state index in [-0.39, 0.29) is 24.2 Å². The van der Waals surface area contributed by atoms with Crippen LogP contribution in [0.1, 0.15) is 18.9 Å². The predicted octanol–water partition coefficient (Wildman–Crippen LogP) is 2.14. The fraction of sp³-hybridized carbons (Fsp3) is 0.250. The van der Waals surface area contributed by atoms with E-state index in [9.17, 15) is 9.59 Å². The molecule has 3 aromatic rings. The molecule has 1 aliphatic carbocycles. The van der Waals surface area contributed by atoms with Crippen molar-refractivity contribution in [1.82, 2.24) is 19.3 Å². The molecule has 8 heteroatoms. The summed E-state index contributed by atoms with van der Waals surface area (Å²) in [4.78, 5) is 29.7. The van der Waals surface area contributed by atoms with Crippen molar-refractivity contribution < 1.29 is 4.79 Å². The molecule has 1 fully saturated rings. The van der Waals surface area contributed by atoms with Crippen molar-refractivity contribution in [2.75, 3.05) is 5.32 Å². The standard InChI is InChI=1S/C16H15N5O2S/c22-14(18-11-3-1-7-17-9-11)10-20-16(23)21(12-5-6-12)15(19-20)13-4-2-8-24-13/h1-4,7-9,12H,5-6,10H2,(H,18,22). The summed E-state index contributed by atoms with van der Waals surface area (Å²) in [5.41, 5.74) is 0.359. The van der Waals surface area contributed by atoms with E-state index in [1.807, 2.05) is 17.5 Å². The van der Waals surface area contributed by atoms with Gasteiger partial charge < -0.3 is 5.32 Å². The molecule has 4 rings (SSSR count). The smallest absolute Gasteiger partial charge is 0.323 e. The van der Waals surface area contributed by atoms with E-state index in [0.29, 0.717) is 11.5 Å². The summed E-state index contributed by atoms with van der Waals surface area (Å²) in [5.74, 6) is 0.343. The Morgan fingerprint density at radius 2 is 2.21 bits per heavy atom. The maximum absolute atomic E-state index is 12.6. The molecule has 1 N–H and O–H groups in total. The van der Waals surface area contributed by atoms with Gasteiger partial charge in [-0.05, 0) is 36.4 Å². The third-order valence-corrected chi connectivity index (χ3v) is 4.63. The maximum Gasteiger partial charge on any atom is 0.346 e. The lowest BCUT2D eigenvalue weighted by atomic mass is 10.4. The Morgan fingerprint density at radius 1 is 1.33 bits per heavy atom. The van der Waals surface area contributed by atoms with E-state index in [2.05, 4.69) is 15.4 Å². The molecule has 0 unspecified atom stereocenters. The van der Waals surface area contributed by atoms with Crippen LogP contribution in [0.3, 0.4) is 0 Å². The highest BCUT2D eigenvalue weighted by molar-refractivity contribution is 7.13. The first kappa shape index (κ1) is 14.8. The monoisotopic (exact) mass is 341 g/mol. The van der Waals surface area contributed by atoms with Gasteiger partial charge in [0.25, 0.3) is 0 Å². The maximum atomic E-state index is 12.6. The SMILES string of the molecule is O=C(Cn1nc(-c2cccs2)n(C2CC2)c1=O)Nc1cccnc1. The Morgan fingerprint density at radius 3 is 2.88 bits per heavy atom. The Hall–Kier alpha value is -2.74. The molecular formula is C16H15N5O2S. The number of rotatable bonds is 5. The van der Waals surface area contributed by atoms with Gasteiger partial charge >= 0.3 is 5.69 Å². The van der Waals surface area contributed by atoms with Crippen LogP contribution in [0, 0.1) is 0 Å². The number of pyridine rings is 1. The summed E-state index contributed by atoms with van der Waals surface area (Å²) in [6, 6.07) is 7.54. The van der Waals surface area contributed by atoms with Crippen molar-refractivity contribution in [2.24, 2.45) is 0 Å². The van der Waals surface area contributed by atoms with Crippen LogP contribution >= 0.6 is 11.3 Å². The topological polar surface area (TPSA) is 81.8 Å². The molecule has 1 amide bonds. The zero-order valence-corrected chi connectivity index (χ0v) is 13.6. The van der Waals surface area contributed by atoms with Crippen molar-refractivity contribution in [3.8, 4) is 10.7 Å². The van der Waals surface area contributed by atoms with Crippen LogP contribution in [0.25, 0.3) is 10.7 Å². The van der Waals surface area contributed by atoms with Gasteiger partial charge in [0.05, 0.1) is 16.8 Å². The third-order valence-electron chi connectivity index (χ3n) is 3.76. The van der Waals surface area contributed by atoms with Crippen LogP contribution in [0.2, 0.25) is 0 Å². The molecule has 1 saturated carbocycles. The molecule has 3 aromatic heterocycles. The highest BCUT2D eigenvalue weighted by Crippen LogP contribution is 2.37. The van der Waals surface area contributed by atoms with Crippen molar-refractivity contribution in [2.45, 2.75) is 25.4 Å². The molecule has 0 radical (unpaired) electrons. The quantitative estimate of drug-likeness (QED) is 0.771. The van der Waals surface area contributed by atoms with E-state index in [1.54, 1.807) is 29.1 Å². The van der Waals surface area contributed by atoms with Gasteiger partial charge in [0, 0.05) is 12.2 Å². The predicted molar refractivity (Wildman–Crippen MR) is 90.9 cm³/mol. The molecule has 0 spiro atoms. The van der Waals surface area contributed by atoms with E-state index in [1.165, 1.54) is 16.0 Å². The number of carbonyl (C=O) groups excluding carboxylic acids is 1. The fourth-order valence-electron chi connectivity index (χ4n) is 2.53. The number of anilines is 1. The number of nitrogens with one attached hydrogen (secondary N) is 1. The van der Waals surface area contributed by atoms with Gasteiger partial charge in [0.1, 0.15) is 6.54 Å². The van der Waals surface area contributed by atoms with Gasteiger partial charge in [-0.25, -0.2) is 9.48 Å². The van der Waals surface area contributed by atoms with Gasteiger partial charge in [-0.3, -0.25) is 14.3 Å². The summed E-state index contributed by atoms with van der Waals surface area (Å²) in [6.07, 6.45) is 5.14. The van der Waals surface area contributed by atoms with Crippen LogP contribution in [0.5, 0.6) is 0 Å². The number of amides is 1. The number of nitrogens with zero attached hydrogens (tertiary/aromatic N) is 4. The molecule has 0 bridgehead atoms. The van der Waals surface area contributed by atoms with Crippen LogP contribution < -0.4 is 11.0 Å². The molecule has 0 aliphatic heterocycles. The van der Waals surface area contributed by atoms with Crippen LogP contribution in [-0.2, 0) is 11.3 Å². The molecule has 1 aliphatic rings. The Labute approximate surface area is 141 Å². The molecule has 7 nitrogen and oxygen atoms in total. The van der Waals surface area contributed by atoms with Crippen molar-refractivity contribution in [3.63, 3.8) is 0 Å². The van der Waals surface area contributed by atoms with Crippen molar-refractivity contribution in [1.29, 1.82) is 0 Å². The molecular weight excluding hydrogens is 326 g/mol. The summed E-state index contributed by atoms with van der Waals surface area (Å²) in [5, 5.41) is 9.06. The van der Waals surface area contributed by atoms with Gasteiger partial charge in [0.15, 0.2) is 5.82 Å². The normalized spacial score (nSPS) is 13.8. The number of aromatic nitrogens is 4. The van der Waals surface area contributed by atoms with Crippen molar-refractivity contribution in [3.05, 3.63) is 52.5 Å². The largest absolute Gasteiger partial charge is 0.346 e. The second kappa shape index (κ2) is 6.04. The molecule has 0 saturated heterocycles. The van der Waals surface area contributed by atoms with Gasteiger partial charge in [-0.1, -0.05) is 6.07 Å². The molecule has 122 valence electrons. The molecule has 3 heterocycles. The lowest BCUT2D eigenvalue weighted by molar-refractivity contribution is -0.117. The first-order valence-electron chi connectivity index (χ1n) is 7.65. The number of hydrogen-bond donors (Lipinski definition) is 1. The van der Waals surface area contributed by atoms with E-state index >= 15 is 0 Å². The van der Waals surface area contributed by atoms with Crippen LogP contribution in [-0.4, -0.2) is 25.2 Å². The zero-order valence-electron chi connectivity index (χ0n) is 12.8. The van der Waals surface area contributed by atoms with E-state index < -0.39 is 0 Å². The third kappa shape index (κ3) is 2.88. The molecule has 24 heavy (non-hydrogen) atoms. The van der Waals surface area contributed by atoms with Crippen LogP contribution in [0.15, 0.2) is 46.8 Å². The number of thiophene rings is 1. The summed E-state index contributed by atoms with van der Waals surface area (Å²) in [7, 11) is 0. The molecule has 0 atom stereocenters. The summed E-state index contributed by atoms with van der Waals surface area (Å²) in [6.45, 7) is -0.119. The average molecular weight is 341 g/mol.